The molecule has 2 N–H and O–H groups in total. The van der Waals surface area contributed by atoms with Gasteiger partial charge in [-0.15, -0.1) is 11.3 Å². The van der Waals surface area contributed by atoms with Crippen LogP contribution in [0.3, 0.4) is 0 Å². The molecule has 1 saturated carbocycles. The van der Waals surface area contributed by atoms with Crippen LogP contribution in [0.25, 0.3) is 0 Å². The number of nitrogens with zero attached hydrogens (tertiary/aromatic N) is 1. The van der Waals surface area contributed by atoms with Gasteiger partial charge in [0.1, 0.15) is 0 Å². The summed E-state index contributed by atoms with van der Waals surface area (Å²) in [6.07, 6.45) is 2.22. The van der Waals surface area contributed by atoms with Crippen molar-refractivity contribution in [1.29, 1.82) is 0 Å². The standard InChI is InChI=1S/C16H17BrN2OS/c17-15-7-12(10-21-15)9-19(14-5-6-14)16(20)13-3-1-11(8-18)2-4-13/h1-4,7,10,14H,5-6,8-9,18H2. The van der Waals surface area contributed by atoms with Gasteiger partial charge in [0, 0.05) is 24.7 Å². The van der Waals surface area contributed by atoms with E-state index in [9.17, 15) is 4.79 Å². The van der Waals surface area contributed by atoms with Crippen LogP contribution < -0.4 is 5.73 Å². The van der Waals surface area contributed by atoms with Crippen molar-refractivity contribution in [1.82, 2.24) is 4.90 Å². The van der Waals surface area contributed by atoms with E-state index in [4.69, 9.17) is 5.73 Å². The molecule has 21 heavy (non-hydrogen) atoms. The first-order valence-corrected chi connectivity index (χ1v) is 8.67. The number of thiophene rings is 1. The Labute approximate surface area is 136 Å². The maximum Gasteiger partial charge on any atom is 0.254 e. The van der Waals surface area contributed by atoms with Crippen molar-refractivity contribution in [3.8, 4) is 0 Å². The zero-order chi connectivity index (χ0) is 14.8. The fraction of sp³-hybridized carbons (Fsp3) is 0.312. The van der Waals surface area contributed by atoms with E-state index in [1.807, 2.05) is 29.2 Å². The van der Waals surface area contributed by atoms with Crippen LogP contribution >= 0.6 is 27.3 Å². The molecular formula is C16H17BrN2OS. The summed E-state index contributed by atoms with van der Waals surface area (Å²) in [5.41, 5.74) is 8.58. The van der Waals surface area contributed by atoms with Crippen LogP contribution in [0, 0.1) is 0 Å². The molecule has 110 valence electrons. The molecule has 1 aromatic carbocycles. The van der Waals surface area contributed by atoms with Gasteiger partial charge >= 0.3 is 0 Å². The summed E-state index contributed by atoms with van der Waals surface area (Å²) in [6, 6.07) is 10.1. The highest BCUT2D eigenvalue weighted by molar-refractivity contribution is 9.11. The first kappa shape index (κ1) is 14.8. The topological polar surface area (TPSA) is 46.3 Å². The highest BCUT2D eigenvalue weighted by Crippen LogP contribution is 2.31. The number of halogens is 1. The van der Waals surface area contributed by atoms with Crippen molar-refractivity contribution in [3.63, 3.8) is 0 Å². The second-order valence-electron chi connectivity index (χ2n) is 5.32. The summed E-state index contributed by atoms with van der Waals surface area (Å²) in [6.45, 7) is 1.19. The Bertz CT molecular complexity index is 634. The fourth-order valence-corrected chi connectivity index (χ4v) is 3.53. The van der Waals surface area contributed by atoms with Crippen LogP contribution in [0.15, 0.2) is 39.5 Å². The van der Waals surface area contributed by atoms with Gasteiger partial charge in [-0.05, 0) is 63.5 Å². The van der Waals surface area contributed by atoms with Gasteiger partial charge in [-0.25, -0.2) is 0 Å². The van der Waals surface area contributed by atoms with Gasteiger partial charge in [-0.3, -0.25) is 4.79 Å². The van der Waals surface area contributed by atoms with Crippen molar-refractivity contribution in [3.05, 3.63) is 56.2 Å². The molecule has 1 fully saturated rings. The summed E-state index contributed by atoms with van der Waals surface area (Å²) in [4.78, 5) is 14.7. The van der Waals surface area contributed by atoms with Crippen LogP contribution in [-0.4, -0.2) is 16.8 Å². The van der Waals surface area contributed by atoms with Gasteiger partial charge in [-0.2, -0.15) is 0 Å². The molecule has 0 spiro atoms. The molecule has 2 aromatic rings. The number of carbonyl (C=O) groups is 1. The van der Waals surface area contributed by atoms with E-state index in [2.05, 4.69) is 27.4 Å². The van der Waals surface area contributed by atoms with Crippen molar-refractivity contribution >= 4 is 33.2 Å². The number of hydrogen-bond acceptors (Lipinski definition) is 3. The highest BCUT2D eigenvalue weighted by Gasteiger charge is 2.33. The summed E-state index contributed by atoms with van der Waals surface area (Å²) in [5.74, 6) is 0.114. The average molecular weight is 365 g/mol. The molecule has 0 radical (unpaired) electrons. The number of rotatable bonds is 5. The van der Waals surface area contributed by atoms with Crippen LogP contribution in [0.2, 0.25) is 0 Å². The van der Waals surface area contributed by atoms with E-state index in [0.29, 0.717) is 19.1 Å². The zero-order valence-corrected chi connectivity index (χ0v) is 14.0. The molecule has 1 aliphatic carbocycles. The van der Waals surface area contributed by atoms with Gasteiger partial charge in [0.2, 0.25) is 0 Å². The van der Waals surface area contributed by atoms with Crippen LogP contribution in [0.4, 0.5) is 0 Å². The number of hydrogen-bond donors (Lipinski definition) is 1. The van der Waals surface area contributed by atoms with Gasteiger partial charge in [0.05, 0.1) is 3.79 Å². The Morgan fingerprint density at radius 2 is 2.00 bits per heavy atom. The minimum absolute atomic E-state index is 0.114. The number of benzene rings is 1. The Morgan fingerprint density at radius 3 is 2.52 bits per heavy atom. The fourth-order valence-electron chi connectivity index (χ4n) is 2.33. The lowest BCUT2D eigenvalue weighted by Crippen LogP contribution is -2.32. The van der Waals surface area contributed by atoms with E-state index in [0.717, 1.165) is 27.8 Å². The molecule has 0 aliphatic heterocycles. The predicted octanol–water partition coefficient (Wildman–Crippen LogP) is 3.77. The maximum atomic E-state index is 12.7. The summed E-state index contributed by atoms with van der Waals surface area (Å²) < 4.78 is 1.10. The maximum absolute atomic E-state index is 12.7. The lowest BCUT2D eigenvalue weighted by atomic mass is 10.1. The Morgan fingerprint density at radius 1 is 1.29 bits per heavy atom. The first-order chi connectivity index (χ1) is 10.2. The Balaban J connectivity index is 1.77. The second-order valence-corrected chi connectivity index (χ2v) is 7.61. The molecule has 1 amide bonds. The molecule has 5 heteroatoms. The van der Waals surface area contributed by atoms with Crippen LogP contribution in [0.5, 0.6) is 0 Å². The Hall–Kier alpha value is -1.17. The molecule has 0 unspecified atom stereocenters. The van der Waals surface area contributed by atoms with E-state index in [1.54, 1.807) is 11.3 Å². The minimum Gasteiger partial charge on any atom is -0.331 e. The van der Waals surface area contributed by atoms with Crippen molar-refractivity contribution in [2.45, 2.75) is 32.0 Å². The molecule has 0 bridgehead atoms. The molecule has 0 saturated heterocycles. The molecule has 1 aliphatic rings. The Kier molecular flexibility index (Phi) is 4.42. The molecular weight excluding hydrogens is 348 g/mol. The van der Waals surface area contributed by atoms with E-state index in [-0.39, 0.29) is 5.91 Å². The summed E-state index contributed by atoms with van der Waals surface area (Å²) >= 11 is 5.13. The molecule has 0 atom stereocenters. The van der Waals surface area contributed by atoms with Crippen molar-refractivity contribution in [2.75, 3.05) is 0 Å². The SMILES string of the molecule is NCc1ccc(C(=O)N(Cc2csc(Br)c2)C2CC2)cc1. The van der Waals surface area contributed by atoms with E-state index in [1.165, 1.54) is 5.56 Å². The molecule has 3 nitrogen and oxygen atoms in total. The van der Waals surface area contributed by atoms with Gasteiger partial charge in [0.15, 0.2) is 0 Å². The average Bonchev–Trinajstić information content (AvgIpc) is 3.27. The molecule has 1 heterocycles. The van der Waals surface area contributed by atoms with Gasteiger partial charge in [-0.1, -0.05) is 12.1 Å². The normalized spacial score (nSPS) is 14.2. The molecule has 3 rings (SSSR count). The predicted molar refractivity (Wildman–Crippen MR) is 89.2 cm³/mol. The molecule has 1 aromatic heterocycles. The second kappa shape index (κ2) is 6.30. The number of nitrogens with two attached hydrogens (primary N) is 1. The third-order valence-corrected chi connectivity index (χ3v) is 5.21. The smallest absolute Gasteiger partial charge is 0.254 e. The van der Waals surface area contributed by atoms with Crippen molar-refractivity contribution in [2.24, 2.45) is 5.73 Å². The quantitative estimate of drug-likeness (QED) is 0.877. The summed E-state index contributed by atoms with van der Waals surface area (Å²) in [7, 11) is 0. The zero-order valence-electron chi connectivity index (χ0n) is 11.6. The van der Waals surface area contributed by atoms with E-state index >= 15 is 0 Å². The largest absolute Gasteiger partial charge is 0.331 e. The third-order valence-electron chi connectivity index (χ3n) is 3.66. The lowest BCUT2D eigenvalue weighted by molar-refractivity contribution is 0.0730. The highest BCUT2D eigenvalue weighted by atomic mass is 79.9. The third kappa shape index (κ3) is 3.54. The van der Waals surface area contributed by atoms with Gasteiger partial charge in [0.25, 0.3) is 5.91 Å². The van der Waals surface area contributed by atoms with Gasteiger partial charge < -0.3 is 10.6 Å². The lowest BCUT2D eigenvalue weighted by Gasteiger charge is -2.22. The monoisotopic (exact) mass is 364 g/mol. The number of carbonyl (C=O) groups excluding carboxylic acids is 1. The van der Waals surface area contributed by atoms with E-state index < -0.39 is 0 Å². The van der Waals surface area contributed by atoms with Crippen molar-refractivity contribution < 1.29 is 4.79 Å². The number of amides is 1. The van der Waals surface area contributed by atoms with Crippen LogP contribution in [0.1, 0.15) is 34.3 Å². The summed E-state index contributed by atoms with van der Waals surface area (Å²) in [5, 5.41) is 2.10. The first-order valence-electron chi connectivity index (χ1n) is 7.00. The van der Waals surface area contributed by atoms with Crippen LogP contribution in [-0.2, 0) is 13.1 Å². The minimum atomic E-state index is 0.114.